The molecule has 19 heavy (non-hydrogen) atoms. The number of hydrogen-bond acceptors (Lipinski definition) is 1. The lowest BCUT2D eigenvalue weighted by Crippen LogP contribution is -2.41. The molecule has 7 heteroatoms. The first-order valence-electron chi connectivity index (χ1n) is 5.70. The average molecular weight is 283 g/mol. The summed E-state index contributed by atoms with van der Waals surface area (Å²) in [5.41, 5.74) is -0.965. The standard InChI is InChI=1S/C12H11F6N/c13-11(14,15)8-3-1-4-9(7-8)19-6-2-5-10(19)12(16,17)18/h1,3-4,7,10H,2,5-6H2. The Balaban J connectivity index is 2.32. The monoisotopic (exact) mass is 283 g/mol. The molecule has 1 nitrogen and oxygen atoms in total. The van der Waals surface area contributed by atoms with Crippen LogP contribution in [0.25, 0.3) is 0 Å². The molecule has 0 saturated carbocycles. The first-order chi connectivity index (χ1) is 8.69. The molecule has 106 valence electrons. The largest absolute Gasteiger partial charge is 0.416 e. The fourth-order valence-electron chi connectivity index (χ4n) is 2.28. The molecule has 0 aliphatic carbocycles. The molecule has 0 amide bonds. The molecule has 1 aromatic carbocycles. The number of alkyl halides is 6. The van der Waals surface area contributed by atoms with Crippen molar-refractivity contribution in [3.63, 3.8) is 0 Å². The van der Waals surface area contributed by atoms with Crippen molar-refractivity contribution < 1.29 is 26.3 Å². The van der Waals surface area contributed by atoms with Gasteiger partial charge >= 0.3 is 12.4 Å². The van der Waals surface area contributed by atoms with E-state index in [2.05, 4.69) is 0 Å². The zero-order valence-corrected chi connectivity index (χ0v) is 9.72. The third-order valence-electron chi connectivity index (χ3n) is 3.14. The van der Waals surface area contributed by atoms with Crippen LogP contribution in [0.2, 0.25) is 0 Å². The number of halogens is 6. The molecule has 1 heterocycles. The van der Waals surface area contributed by atoms with Crippen LogP contribution in [0.1, 0.15) is 18.4 Å². The molecule has 1 aliphatic heterocycles. The van der Waals surface area contributed by atoms with Gasteiger partial charge in [0, 0.05) is 12.2 Å². The molecule has 1 saturated heterocycles. The molecule has 1 fully saturated rings. The van der Waals surface area contributed by atoms with E-state index in [-0.39, 0.29) is 18.7 Å². The Morgan fingerprint density at radius 1 is 1.05 bits per heavy atom. The van der Waals surface area contributed by atoms with Gasteiger partial charge in [-0.05, 0) is 31.0 Å². The van der Waals surface area contributed by atoms with Crippen LogP contribution in [-0.4, -0.2) is 18.8 Å². The van der Waals surface area contributed by atoms with E-state index in [0.717, 1.165) is 23.1 Å². The van der Waals surface area contributed by atoms with E-state index in [4.69, 9.17) is 0 Å². The third kappa shape index (κ3) is 2.96. The highest BCUT2D eigenvalue weighted by atomic mass is 19.4. The summed E-state index contributed by atoms with van der Waals surface area (Å²) < 4.78 is 75.9. The van der Waals surface area contributed by atoms with E-state index in [1.165, 1.54) is 6.07 Å². The van der Waals surface area contributed by atoms with E-state index >= 15 is 0 Å². The Labute approximate surface area is 105 Å². The van der Waals surface area contributed by atoms with Crippen LogP contribution in [-0.2, 0) is 6.18 Å². The van der Waals surface area contributed by atoms with Gasteiger partial charge in [-0.1, -0.05) is 6.07 Å². The van der Waals surface area contributed by atoms with E-state index in [9.17, 15) is 26.3 Å². The maximum absolute atomic E-state index is 12.8. The van der Waals surface area contributed by atoms with Gasteiger partial charge in [-0.15, -0.1) is 0 Å². The first-order valence-corrected chi connectivity index (χ1v) is 5.70. The summed E-state index contributed by atoms with van der Waals surface area (Å²) in [4.78, 5) is 0.995. The Hall–Kier alpha value is -1.40. The Morgan fingerprint density at radius 3 is 2.32 bits per heavy atom. The van der Waals surface area contributed by atoms with E-state index in [1.807, 2.05) is 0 Å². The zero-order chi connectivity index (χ0) is 14.3. The lowest BCUT2D eigenvalue weighted by Gasteiger charge is -2.28. The smallest absolute Gasteiger partial charge is 0.360 e. The lowest BCUT2D eigenvalue weighted by molar-refractivity contribution is -0.145. The molecule has 2 rings (SSSR count). The molecule has 1 aromatic rings. The van der Waals surface area contributed by atoms with Crippen molar-refractivity contribution in [1.82, 2.24) is 0 Å². The van der Waals surface area contributed by atoms with Crippen molar-refractivity contribution in [1.29, 1.82) is 0 Å². The van der Waals surface area contributed by atoms with Gasteiger partial charge in [0.05, 0.1) is 5.56 Å². The van der Waals surface area contributed by atoms with Crippen LogP contribution in [0.4, 0.5) is 32.0 Å². The van der Waals surface area contributed by atoms with E-state index < -0.39 is 24.0 Å². The summed E-state index contributed by atoms with van der Waals surface area (Å²) >= 11 is 0. The van der Waals surface area contributed by atoms with Crippen molar-refractivity contribution in [2.24, 2.45) is 0 Å². The molecule has 0 radical (unpaired) electrons. The minimum atomic E-state index is -4.55. The number of rotatable bonds is 1. The van der Waals surface area contributed by atoms with Crippen molar-refractivity contribution in [3.8, 4) is 0 Å². The number of anilines is 1. The molecule has 0 spiro atoms. The summed E-state index contributed by atoms with van der Waals surface area (Å²) in [6.45, 7) is 0.117. The molecule has 1 aliphatic rings. The fraction of sp³-hybridized carbons (Fsp3) is 0.500. The van der Waals surface area contributed by atoms with Crippen LogP contribution >= 0.6 is 0 Å². The normalized spacial score (nSPS) is 20.9. The average Bonchev–Trinajstić information content (AvgIpc) is 2.76. The highest BCUT2D eigenvalue weighted by Crippen LogP contribution is 2.38. The van der Waals surface area contributed by atoms with Crippen LogP contribution in [0.3, 0.4) is 0 Å². The van der Waals surface area contributed by atoms with E-state index in [1.54, 1.807) is 0 Å². The minimum Gasteiger partial charge on any atom is -0.360 e. The van der Waals surface area contributed by atoms with Crippen molar-refractivity contribution in [2.45, 2.75) is 31.2 Å². The van der Waals surface area contributed by atoms with E-state index in [0.29, 0.717) is 6.42 Å². The van der Waals surface area contributed by atoms with Crippen LogP contribution in [0.5, 0.6) is 0 Å². The van der Waals surface area contributed by atoms with Crippen molar-refractivity contribution in [3.05, 3.63) is 29.8 Å². The summed E-state index contributed by atoms with van der Waals surface area (Å²) in [7, 11) is 0. The molecular weight excluding hydrogens is 272 g/mol. The Morgan fingerprint density at radius 2 is 1.74 bits per heavy atom. The molecule has 0 bridgehead atoms. The van der Waals surface area contributed by atoms with Crippen LogP contribution < -0.4 is 4.90 Å². The van der Waals surface area contributed by atoms with Gasteiger partial charge in [-0.25, -0.2) is 0 Å². The van der Waals surface area contributed by atoms with Crippen molar-refractivity contribution >= 4 is 5.69 Å². The molecule has 0 aromatic heterocycles. The first kappa shape index (κ1) is 14.0. The van der Waals surface area contributed by atoms with Gasteiger partial charge < -0.3 is 4.90 Å². The molecule has 1 atom stereocenters. The SMILES string of the molecule is FC(F)(F)c1cccc(N2CCCC2C(F)(F)F)c1. The molecular formula is C12H11F6N. The summed E-state index contributed by atoms with van der Waals surface area (Å²) in [5.74, 6) is 0. The summed E-state index contributed by atoms with van der Waals surface area (Å²) in [5, 5.41) is 0. The predicted molar refractivity (Wildman–Crippen MR) is 57.9 cm³/mol. The Bertz CT molecular complexity index is 450. The van der Waals surface area contributed by atoms with Gasteiger partial charge in [0.15, 0.2) is 0 Å². The van der Waals surface area contributed by atoms with Crippen molar-refractivity contribution in [2.75, 3.05) is 11.4 Å². The molecule has 0 N–H and O–H groups in total. The second-order valence-electron chi connectivity index (χ2n) is 4.44. The lowest BCUT2D eigenvalue weighted by atomic mass is 10.1. The maximum atomic E-state index is 12.8. The second-order valence-corrected chi connectivity index (χ2v) is 4.44. The Kier molecular flexibility index (Phi) is 3.40. The zero-order valence-electron chi connectivity index (χ0n) is 9.72. The van der Waals surface area contributed by atoms with Gasteiger partial charge in [0.1, 0.15) is 6.04 Å². The number of nitrogens with zero attached hydrogens (tertiary/aromatic N) is 1. The minimum absolute atomic E-state index is 0.0327. The van der Waals surface area contributed by atoms with Gasteiger partial charge in [-0.2, -0.15) is 26.3 Å². The summed E-state index contributed by atoms with van der Waals surface area (Å²) in [6.07, 6.45) is -8.74. The maximum Gasteiger partial charge on any atom is 0.416 e. The highest BCUT2D eigenvalue weighted by molar-refractivity contribution is 5.51. The highest BCUT2D eigenvalue weighted by Gasteiger charge is 2.46. The van der Waals surface area contributed by atoms with Crippen LogP contribution in [0, 0.1) is 0 Å². The quantitative estimate of drug-likeness (QED) is 0.697. The number of hydrogen-bond donors (Lipinski definition) is 0. The van der Waals surface area contributed by atoms with Gasteiger partial charge in [0.25, 0.3) is 0 Å². The summed E-state index contributed by atoms with van der Waals surface area (Å²) in [6, 6.07) is 2.33. The molecule has 1 unspecified atom stereocenters. The van der Waals surface area contributed by atoms with Gasteiger partial charge in [0.2, 0.25) is 0 Å². The second kappa shape index (κ2) is 4.61. The predicted octanol–water partition coefficient (Wildman–Crippen LogP) is 4.24. The van der Waals surface area contributed by atoms with Crippen LogP contribution in [0.15, 0.2) is 24.3 Å². The third-order valence-corrected chi connectivity index (χ3v) is 3.14. The topological polar surface area (TPSA) is 3.24 Å². The fourth-order valence-corrected chi connectivity index (χ4v) is 2.28. The van der Waals surface area contributed by atoms with Gasteiger partial charge in [-0.3, -0.25) is 0 Å². The number of benzene rings is 1.